The summed E-state index contributed by atoms with van der Waals surface area (Å²) >= 11 is 8.75. The lowest BCUT2D eigenvalue weighted by atomic mass is 10.1. The second-order valence-corrected chi connectivity index (χ2v) is 6.64. The van der Waals surface area contributed by atoms with Gasteiger partial charge in [0.25, 0.3) is 4.84 Å². The fourth-order valence-electron chi connectivity index (χ4n) is 2.61. The van der Waals surface area contributed by atoms with Crippen LogP contribution in [-0.4, -0.2) is 41.0 Å². The van der Waals surface area contributed by atoms with Crippen LogP contribution in [-0.2, 0) is 11.4 Å². The first-order valence-corrected chi connectivity index (χ1v) is 8.45. The summed E-state index contributed by atoms with van der Waals surface area (Å²) in [5.74, 6) is 0.554. The molecule has 0 bridgehead atoms. The molecule has 0 saturated carbocycles. The van der Waals surface area contributed by atoms with Gasteiger partial charge >= 0.3 is 0 Å². The van der Waals surface area contributed by atoms with Crippen molar-refractivity contribution < 1.29 is 9.15 Å². The second-order valence-electron chi connectivity index (χ2n) is 5.38. The van der Waals surface area contributed by atoms with Gasteiger partial charge in [-0.15, -0.1) is 5.10 Å². The van der Waals surface area contributed by atoms with Crippen LogP contribution in [0.1, 0.15) is 12.8 Å². The van der Waals surface area contributed by atoms with Crippen molar-refractivity contribution in [1.29, 1.82) is 0 Å². The van der Waals surface area contributed by atoms with Gasteiger partial charge < -0.3 is 9.15 Å². The molecule has 22 heavy (non-hydrogen) atoms. The van der Waals surface area contributed by atoms with Crippen molar-refractivity contribution in [3.63, 3.8) is 0 Å². The van der Waals surface area contributed by atoms with E-state index in [2.05, 4.69) is 25.9 Å². The Morgan fingerprint density at radius 1 is 1.41 bits per heavy atom. The molecule has 0 N–H and O–H groups in total. The Morgan fingerprint density at radius 2 is 2.18 bits per heavy atom. The number of piperidine rings is 1. The highest BCUT2D eigenvalue weighted by Gasteiger charge is 2.20. The highest BCUT2D eigenvalue weighted by Crippen LogP contribution is 2.22. The molecule has 0 aliphatic carbocycles. The van der Waals surface area contributed by atoms with E-state index < -0.39 is 0 Å². The van der Waals surface area contributed by atoms with Crippen LogP contribution < -0.4 is 0 Å². The number of likely N-dealkylation sites (tertiary alicyclic amines) is 1. The van der Waals surface area contributed by atoms with Crippen LogP contribution in [0, 0.1) is 4.84 Å². The number of ether oxygens (including phenoxy) is 1. The van der Waals surface area contributed by atoms with Crippen LogP contribution in [0.15, 0.2) is 33.2 Å². The third-order valence-electron chi connectivity index (χ3n) is 3.88. The van der Waals surface area contributed by atoms with Gasteiger partial charge in [0.1, 0.15) is 0 Å². The van der Waals surface area contributed by atoms with E-state index in [1.807, 2.05) is 24.3 Å². The summed E-state index contributed by atoms with van der Waals surface area (Å²) < 4.78 is 13.8. The number of aromatic nitrogens is 2. The summed E-state index contributed by atoms with van der Waals surface area (Å²) in [7, 11) is 1.78. The highest BCUT2D eigenvalue weighted by atomic mass is 79.9. The van der Waals surface area contributed by atoms with E-state index in [1.165, 1.54) is 0 Å². The van der Waals surface area contributed by atoms with Crippen LogP contribution in [0.5, 0.6) is 0 Å². The molecule has 7 heteroatoms. The summed E-state index contributed by atoms with van der Waals surface area (Å²) in [4.78, 5) is 2.72. The Labute approximate surface area is 143 Å². The first-order valence-electron chi connectivity index (χ1n) is 7.25. The fraction of sp³-hybridized carbons (Fsp3) is 0.467. The molecule has 0 spiro atoms. The van der Waals surface area contributed by atoms with E-state index in [-0.39, 0.29) is 0 Å². The second kappa shape index (κ2) is 7.04. The van der Waals surface area contributed by atoms with E-state index >= 15 is 0 Å². The standard InChI is InChI=1S/C15H18BrN3O2S/c1-20-13-5-7-18(8-6-13)10-19-15(22)21-14(17-19)11-3-2-4-12(16)9-11/h2-4,9,13H,5-8,10H2,1H3. The molecule has 2 aromatic rings. The SMILES string of the molecule is COC1CCN(Cn2nc(-c3cccc(Br)c3)oc2=S)CC1. The molecule has 1 aromatic carbocycles. The number of benzene rings is 1. The van der Waals surface area contributed by atoms with Crippen molar-refractivity contribution in [2.24, 2.45) is 0 Å². The van der Waals surface area contributed by atoms with Crippen molar-refractivity contribution in [3.05, 3.63) is 33.6 Å². The van der Waals surface area contributed by atoms with Crippen molar-refractivity contribution in [2.75, 3.05) is 20.2 Å². The van der Waals surface area contributed by atoms with Crippen LogP contribution >= 0.6 is 28.1 Å². The van der Waals surface area contributed by atoms with Gasteiger partial charge in [-0.3, -0.25) is 4.90 Å². The van der Waals surface area contributed by atoms with Gasteiger partial charge in [0.2, 0.25) is 5.89 Å². The number of hydrogen-bond donors (Lipinski definition) is 0. The van der Waals surface area contributed by atoms with Crippen LogP contribution in [0.2, 0.25) is 0 Å². The predicted octanol–water partition coefficient (Wildman–Crippen LogP) is 3.70. The predicted molar refractivity (Wildman–Crippen MR) is 90.1 cm³/mol. The molecule has 118 valence electrons. The molecular weight excluding hydrogens is 366 g/mol. The molecule has 1 aliphatic rings. The Hall–Kier alpha value is -1.02. The largest absolute Gasteiger partial charge is 0.409 e. The minimum atomic E-state index is 0.374. The third-order valence-corrected chi connectivity index (χ3v) is 4.67. The van der Waals surface area contributed by atoms with Crippen molar-refractivity contribution in [1.82, 2.24) is 14.7 Å². The molecule has 0 atom stereocenters. The number of nitrogens with zero attached hydrogens (tertiary/aromatic N) is 3. The van der Waals surface area contributed by atoms with E-state index in [1.54, 1.807) is 11.8 Å². The molecule has 5 nitrogen and oxygen atoms in total. The lowest BCUT2D eigenvalue weighted by Gasteiger charge is -2.30. The quantitative estimate of drug-likeness (QED) is 0.752. The summed E-state index contributed by atoms with van der Waals surface area (Å²) in [6, 6.07) is 7.84. The summed E-state index contributed by atoms with van der Waals surface area (Å²) in [5, 5.41) is 4.51. The van der Waals surface area contributed by atoms with Crippen molar-refractivity contribution >= 4 is 28.1 Å². The Morgan fingerprint density at radius 3 is 2.86 bits per heavy atom. The first kappa shape index (κ1) is 15.9. The van der Waals surface area contributed by atoms with Gasteiger partial charge in [-0.1, -0.05) is 22.0 Å². The van der Waals surface area contributed by atoms with E-state index in [0.29, 0.717) is 23.5 Å². The average molecular weight is 384 g/mol. The fourth-order valence-corrected chi connectivity index (χ4v) is 3.19. The number of rotatable bonds is 4. The lowest BCUT2D eigenvalue weighted by Crippen LogP contribution is -2.37. The monoisotopic (exact) mass is 383 g/mol. The minimum absolute atomic E-state index is 0.374. The molecule has 1 fully saturated rings. The highest BCUT2D eigenvalue weighted by molar-refractivity contribution is 9.10. The lowest BCUT2D eigenvalue weighted by molar-refractivity contribution is 0.0299. The van der Waals surface area contributed by atoms with Gasteiger partial charge in [0.15, 0.2) is 0 Å². The zero-order valence-corrected chi connectivity index (χ0v) is 14.8. The zero-order chi connectivity index (χ0) is 15.5. The van der Waals surface area contributed by atoms with Crippen LogP contribution in [0.4, 0.5) is 0 Å². The van der Waals surface area contributed by atoms with Gasteiger partial charge in [-0.25, -0.2) is 4.68 Å². The Balaban J connectivity index is 1.72. The van der Waals surface area contributed by atoms with Gasteiger partial charge in [0, 0.05) is 30.2 Å². The number of methoxy groups -OCH3 is 1. The minimum Gasteiger partial charge on any atom is -0.409 e. The Bertz CT molecular complexity index is 692. The van der Waals surface area contributed by atoms with E-state index in [9.17, 15) is 0 Å². The van der Waals surface area contributed by atoms with E-state index in [0.717, 1.165) is 36.0 Å². The number of hydrogen-bond acceptors (Lipinski definition) is 5. The maximum atomic E-state index is 5.63. The molecule has 3 rings (SSSR count). The van der Waals surface area contributed by atoms with Crippen molar-refractivity contribution in [3.8, 4) is 11.5 Å². The Kier molecular flexibility index (Phi) is 5.07. The van der Waals surface area contributed by atoms with Gasteiger partial charge in [-0.2, -0.15) is 0 Å². The molecule has 1 aliphatic heterocycles. The summed E-state index contributed by atoms with van der Waals surface area (Å²) in [6.45, 7) is 2.63. The first-order chi connectivity index (χ1) is 10.7. The molecule has 1 aromatic heterocycles. The van der Waals surface area contributed by atoms with E-state index in [4.69, 9.17) is 21.4 Å². The molecule has 1 saturated heterocycles. The maximum Gasteiger partial charge on any atom is 0.288 e. The molecule has 2 heterocycles. The molecule has 0 unspecified atom stereocenters. The zero-order valence-electron chi connectivity index (χ0n) is 12.4. The van der Waals surface area contributed by atoms with Gasteiger partial charge in [-0.05, 0) is 43.3 Å². The topological polar surface area (TPSA) is 43.4 Å². The van der Waals surface area contributed by atoms with Gasteiger partial charge in [0.05, 0.1) is 12.8 Å². The third kappa shape index (κ3) is 3.65. The van der Waals surface area contributed by atoms with Crippen LogP contribution in [0.3, 0.4) is 0 Å². The maximum absolute atomic E-state index is 5.63. The summed E-state index contributed by atoms with van der Waals surface area (Å²) in [5.41, 5.74) is 0.914. The molecule has 0 radical (unpaired) electrons. The molecule has 0 amide bonds. The summed E-state index contributed by atoms with van der Waals surface area (Å²) in [6.07, 6.45) is 2.46. The molecular formula is C15H18BrN3O2S. The smallest absolute Gasteiger partial charge is 0.288 e. The normalized spacial score (nSPS) is 17.0. The van der Waals surface area contributed by atoms with Crippen molar-refractivity contribution in [2.45, 2.75) is 25.6 Å². The van der Waals surface area contributed by atoms with Crippen LogP contribution in [0.25, 0.3) is 11.5 Å². The number of halogens is 1. The average Bonchev–Trinajstić information content (AvgIpc) is 2.89.